The van der Waals surface area contributed by atoms with Gasteiger partial charge in [-0.25, -0.2) is 0 Å². The number of thioether (sulfide) groups is 1. The van der Waals surface area contributed by atoms with Gasteiger partial charge in [0.15, 0.2) is 0 Å². The van der Waals surface area contributed by atoms with Crippen molar-refractivity contribution in [1.29, 1.82) is 0 Å². The monoisotopic (exact) mass is 300 g/mol. The van der Waals surface area contributed by atoms with Gasteiger partial charge >= 0.3 is 0 Å². The molecule has 1 aliphatic carbocycles. The fourth-order valence-corrected chi connectivity index (χ4v) is 3.71. The zero-order chi connectivity index (χ0) is 15.7. The van der Waals surface area contributed by atoms with Gasteiger partial charge in [-0.2, -0.15) is 0 Å². The minimum Gasteiger partial charge on any atom is -0.115 e. The van der Waals surface area contributed by atoms with E-state index in [1.54, 1.807) is 0 Å². The van der Waals surface area contributed by atoms with Crippen molar-refractivity contribution in [2.45, 2.75) is 57.6 Å². The average molecular weight is 301 g/mol. The summed E-state index contributed by atoms with van der Waals surface area (Å²) in [6.45, 7) is 13.8. The van der Waals surface area contributed by atoms with Crippen LogP contribution in [0.5, 0.6) is 0 Å². The Kier molecular flexibility index (Phi) is 4.72. The summed E-state index contributed by atoms with van der Waals surface area (Å²) in [5.41, 5.74) is 3.08. The fraction of sp³-hybridized carbons (Fsp3) is 0.500. The van der Waals surface area contributed by atoms with Crippen LogP contribution in [0, 0.1) is 18.3 Å². The highest BCUT2D eigenvalue weighted by molar-refractivity contribution is 8.00. The van der Waals surface area contributed by atoms with Crippen molar-refractivity contribution < 1.29 is 0 Å². The van der Waals surface area contributed by atoms with Crippen molar-refractivity contribution in [1.82, 2.24) is 0 Å². The van der Waals surface area contributed by atoms with Gasteiger partial charge in [0, 0.05) is 9.64 Å². The SMILES string of the molecule is Cc1ccc(SC(C)(C)C2=CCC(C)(C(C)C)C=C2)cc1. The Labute approximate surface area is 134 Å². The Bertz CT molecular complexity index is 546. The molecule has 0 fully saturated rings. The Morgan fingerprint density at radius 3 is 2.24 bits per heavy atom. The predicted molar refractivity (Wildman–Crippen MR) is 95.9 cm³/mol. The molecule has 1 unspecified atom stereocenters. The minimum atomic E-state index is 0.115. The van der Waals surface area contributed by atoms with E-state index in [1.807, 2.05) is 11.8 Å². The molecule has 0 bridgehead atoms. The first-order chi connectivity index (χ1) is 9.73. The van der Waals surface area contributed by atoms with Crippen LogP contribution >= 0.6 is 11.8 Å². The summed E-state index contributed by atoms with van der Waals surface area (Å²) < 4.78 is 0.115. The van der Waals surface area contributed by atoms with E-state index in [4.69, 9.17) is 0 Å². The molecular formula is C20H28S. The summed E-state index contributed by atoms with van der Waals surface area (Å²) in [6.07, 6.45) is 8.37. The second kappa shape index (κ2) is 6.04. The van der Waals surface area contributed by atoms with Crippen molar-refractivity contribution >= 4 is 11.8 Å². The molecule has 1 aromatic rings. The molecule has 0 spiro atoms. The van der Waals surface area contributed by atoms with E-state index < -0.39 is 0 Å². The van der Waals surface area contributed by atoms with Crippen molar-refractivity contribution in [3.63, 3.8) is 0 Å². The summed E-state index contributed by atoms with van der Waals surface area (Å²) in [7, 11) is 0. The molecule has 0 nitrogen and oxygen atoms in total. The Balaban J connectivity index is 2.12. The van der Waals surface area contributed by atoms with E-state index in [-0.39, 0.29) is 4.75 Å². The van der Waals surface area contributed by atoms with Gasteiger partial charge in [0.25, 0.3) is 0 Å². The second-order valence-electron chi connectivity index (χ2n) is 7.28. The number of allylic oxidation sites excluding steroid dienone is 3. The predicted octanol–water partition coefficient (Wildman–Crippen LogP) is 6.41. The van der Waals surface area contributed by atoms with Crippen LogP contribution in [0.15, 0.2) is 53.0 Å². The zero-order valence-electron chi connectivity index (χ0n) is 14.2. The van der Waals surface area contributed by atoms with Crippen LogP contribution in [0.2, 0.25) is 0 Å². The molecule has 0 amide bonds. The highest BCUT2D eigenvalue weighted by Gasteiger charge is 2.30. The van der Waals surface area contributed by atoms with Crippen LogP contribution in [0.1, 0.15) is 46.6 Å². The van der Waals surface area contributed by atoms with Crippen LogP contribution in [-0.2, 0) is 0 Å². The van der Waals surface area contributed by atoms with E-state index in [2.05, 4.69) is 84.0 Å². The molecular weight excluding hydrogens is 272 g/mol. The summed E-state index contributed by atoms with van der Waals surface area (Å²) in [4.78, 5) is 1.34. The van der Waals surface area contributed by atoms with Gasteiger partial charge < -0.3 is 0 Å². The summed E-state index contributed by atoms with van der Waals surface area (Å²) >= 11 is 1.95. The van der Waals surface area contributed by atoms with Crippen LogP contribution < -0.4 is 0 Å². The lowest BCUT2D eigenvalue weighted by molar-refractivity contribution is 0.297. The van der Waals surface area contributed by atoms with E-state index in [9.17, 15) is 0 Å². The molecule has 0 aromatic heterocycles. The smallest absolute Gasteiger partial charge is 0.0396 e. The maximum absolute atomic E-state index is 2.45. The van der Waals surface area contributed by atoms with E-state index in [0.29, 0.717) is 11.3 Å². The molecule has 21 heavy (non-hydrogen) atoms. The third-order valence-electron chi connectivity index (χ3n) is 4.81. The standard InChI is InChI=1S/C20H28S/c1-15(2)20(6)13-11-17(12-14-20)19(4,5)21-18-9-7-16(3)8-10-18/h7-13,15H,14H2,1-6H3. The summed E-state index contributed by atoms with van der Waals surface area (Å²) in [5.74, 6) is 0.680. The summed E-state index contributed by atoms with van der Waals surface area (Å²) in [6, 6.07) is 8.85. The molecule has 1 heteroatoms. The average Bonchev–Trinajstić information content (AvgIpc) is 2.41. The third-order valence-corrected chi connectivity index (χ3v) is 6.07. The fourth-order valence-electron chi connectivity index (χ4n) is 2.58. The number of rotatable bonds is 4. The number of hydrogen-bond donors (Lipinski definition) is 0. The second-order valence-corrected chi connectivity index (χ2v) is 8.98. The quantitative estimate of drug-likeness (QED) is 0.579. The van der Waals surface area contributed by atoms with E-state index in [0.717, 1.165) is 6.42 Å². The highest BCUT2D eigenvalue weighted by Crippen LogP contribution is 2.44. The topological polar surface area (TPSA) is 0 Å². The van der Waals surface area contributed by atoms with E-state index in [1.165, 1.54) is 16.0 Å². The minimum absolute atomic E-state index is 0.115. The molecule has 2 rings (SSSR count). The van der Waals surface area contributed by atoms with Gasteiger partial charge in [-0.05, 0) is 56.2 Å². The van der Waals surface area contributed by atoms with E-state index >= 15 is 0 Å². The Morgan fingerprint density at radius 1 is 1.14 bits per heavy atom. The van der Waals surface area contributed by atoms with Crippen LogP contribution in [-0.4, -0.2) is 4.75 Å². The van der Waals surface area contributed by atoms with Gasteiger partial charge in [-0.1, -0.05) is 56.7 Å². The van der Waals surface area contributed by atoms with Crippen molar-refractivity contribution in [3.05, 3.63) is 53.6 Å². The van der Waals surface area contributed by atoms with Gasteiger partial charge in [-0.3, -0.25) is 0 Å². The number of benzene rings is 1. The molecule has 0 saturated heterocycles. The summed E-state index contributed by atoms with van der Waals surface area (Å²) in [5, 5.41) is 0. The third kappa shape index (κ3) is 3.83. The van der Waals surface area contributed by atoms with Gasteiger partial charge in [0.2, 0.25) is 0 Å². The number of aryl methyl sites for hydroxylation is 1. The lowest BCUT2D eigenvalue weighted by Crippen LogP contribution is -2.25. The van der Waals surface area contributed by atoms with Crippen molar-refractivity contribution in [3.8, 4) is 0 Å². The van der Waals surface area contributed by atoms with Crippen molar-refractivity contribution in [2.75, 3.05) is 0 Å². The van der Waals surface area contributed by atoms with Crippen LogP contribution in [0.3, 0.4) is 0 Å². The molecule has 114 valence electrons. The Morgan fingerprint density at radius 2 is 1.76 bits per heavy atom. The molecule has 0 heterocycles. The first-order valence-corrected chi connectivity index (χ1v) is 8.70. The molecule has 1 aliphatic rings. The molecule has 1 aromatic carbocycles. The lowest BCUT2D eigenvalue weighted by Gasteiger charge is -2.35. The van der Waals surface area contributed by atoms with Gasteiger partial charge in [-0.15, -0.1) is 11.8 Å². The molecule has 0 aliphatic heterocycles. The van der Waals surface area contributed by atoms with Crippen LogP contribution in [0.4, 0.5) is 0 Å². The first-order valence-electron chi connectivity index (χ1n) is 7.88. The maximum atomic E-state index is 2.45. The largest absolute Gasteiger partial charge is 0.115 e. The van der Waals surface area contributed by atoms with Gasteiger partial charge in [0.1, 0.15) is 0 Å². The first kappa shape index (κ1) is 16.4. The maximum Gasteiger partial charge on any atom is 0.0396 e. The molecule has 1 atom stereocenters. The lowest BCUT2D eigenvalue weighted by atomic mass is 9.72. The number of hydrogen-bond acceptors (Lipinski definition) is 1. The molecule has 0 saturated carbocycles. The van der Waals surface area contributed by atoms with Gasteiger partial charge in [0.05, 0.1) is 0 Å². The Hall–Kier alpha value is -0.950. The van der Waals surface area contributed by atoms with Crippen molar-refractivity contribution in [2.24, 2.45) is 11.3 Å². The highest BCUT2D eigenvalue weighted by atomic mass is 32.2. The van der Waals surface area contributed by atoms with Crippen LogP contribution in [0.25, 0.3) is 0 Å². The molecule has 0 N–H and O–H groups in total. The zero-order valence-corrected chi connectivity index (χ0v) is 15.1. The molecule has 0 radical (unpaired) electrons. The normalized spacial score (nSPS) is 22.5.